The third-order valence-corrected chi connectivity index (χ3v) is 7.90. The van der Waals surface area contributed by atoms with Crippen molar-refractivity contribution >= 4 is 14.3 Å². The Morgan fingerprint density at radius 1 is 1.44 bits per heavy atom. The Balaban J connectivity index is 4.73. The first-order chi connectivity index (χ1) is 7.03. The molecular weight excluding hydrogens is 220 g/mol. The Labute approximate surface area is 99.6 Å². The highest BCUT2D eigenvalue weighted by Crippen LogP contribution is 2.38. The van der Waals surface area contributed by atoms with E-state index in [4.69, 9.17) is 9.53 Å². The smallest absolute Gasteiger partial charge is 0.312 e. The first-order valence-corrected chi connectivity index (χ1v) is 8.47. The summed E-state index contributed by atoms with van der Waals surface area (Å²) in [5.74, 6) is -1.50. The van der Waals surface area contributed by atoms with E-state index in [0.29, 0.717) is 0 Å². The Kier molecular flexibility index (Phi) is 4.95. The van der Waals surface area contributed by atoms with E-state index in [1.165, 1.54) is 6.08 Å². The lowest BCUT2D eigenvalue weighted by molar-refractivity contribution is -0.142. The summed E-state index contributed by atoms with van der Waals surface area (Å²) in [7, 11) is -1.90. The van der Waals surface area contributed by atoms with Crippen molar-refractivity contribution in [2.24, 2.45) is 5.92 Å². The van der Waals surface area contributed by atoms with Crippen molar-refractivity contribution in [3.8, 4) is 0 Å². The molecule has 0 aliphatic carbocycles. The van der Waals surface area contributed by atoms with Crippen molar-refractivity contribution in [2.75, 3.05) is 0 Å². The summed E-state index contributed by atoms with van der Waals surface area (Å²) in [6, 6.07) is 0. The first kappa shape index (κ1) is 15.4. The molecule has 1 N–H and O–H groups in total. The van der Waals surface area contributed by atoms with E-state index in [1.807, 2.05) is 0 Å². The van der Waals surface area contributed by atoms with Crippen molar-refractivity contribution in [1.29, 1.82) is 0 Å². The molecule has 0 bridgehead atoms. The Hall–Kier alpha value is -0.613. The van der Waals surface area contributed by atoms with Crippen LogP contribution in [-0.4, -0.2) is 25.5 Å². The van der Waals surface area contributed by atoms with Gasteiger partial charge in [0, 0.05) is 0 Å². The molecule has 94 valence electrons. The summed E-state index contributed by atoms with van der Waals surface area (Å²) in [5.41, 5.74) is 0. The highest BCUT2D eigenvalue weighted by atomic mass is 28.4. The van der Waals surface area contributed by atoms with Crippen LogP contribution in [-0.2, 0) is 9.22 Å². The first-order valence-electron chi connectivity index (χ1n) is 5.56. The van der Waals surface area contributed by atoms with Gasteiger partial charge in [0.15, 0.2) is 8.32 Å². The minimum atomic E-state index is -1.90. The molecule has 0 aliphatic rings. The SMILES string of the molecule is C=CC(C(=O)O)C(C)O[Si](C)(C)C(C)(C)C. The van der Waals surface area contributed by atoms with Gasteiger partial charge in [0.1, 0.15) is 0 Å². The topological polar surface area (TPSA) is 46.5 Å². The maximum Gasteiger partial charge on any atom is 0.312 e. The zero-order valence-electron chi connectivity index (χ0n) is 11.2. The lowest BCUT2D eigenvalue weighted by atomic mass is 10.1. The van der Waals surface area contributed by atoms with Crippen LogP contribution in [0.2, 0.25) is 18.1 Å². The standard InChI is InChI=1S/C12H24O3Si/c1-8-10(11(13)14)9(2)15-16(6,7)12(3,4)5/h8-10H,1H2,2-7H3,(H,13,14). The van der Waals surface area contributed by atoms with E-state index < -0.39 is 20.2 Å². The van der Waals surface area contributed by atoms with Gasteiger partial charge in [-0.3, -0.25) is 4.79 Å². The monoisotopic (exact) mass is 244 g/mol. The summed E-state index contributed by atoms with van der Waals surface area (Å²) in [6.07, 6.45) is 1.12. The molecule has 0 aliphatic heterocycles. The average molecular weight is 244 g/mol. The molecule has 2 unspecified atom stereocenters. The van der Waals surface area contributed by atoms with Gasteiger partial charge in [0.25, 0.3) is 0 Å². The van der Waals surface area contributed by atoms with Gasteiger partial charge in [0.2, 0.25) is 0 Å². The molecule has 4 heteroatoms. The fourth-order valence-electron chi connectivity index (χ4n) is 1.21. The maximum atomic E-state index is 11.0. The molecule has 16 heavy (non-hydrogen) atoms. The molecule has 0 saturated heterocycles. The zero-order chi connectivity index (χ0) is 13.1. The Morgan fingerprint density at radius 3 is 2.12 bits per heavy atom. The molecule has 0 saturated carbocycles. The molecular formula is C12H24O3Si. The van der Waals surface area contributed by atoms with Crippen molar-refractivity contribution in [3.05, 3.63) is 12.7 Å². The van der Waals surface area contributed by atoms with Crippen LogP contribution >= 0.6 is 0 Å². The number of carboxylic acid groups (broad SMARTS) is 1. The molecule has 0 aromatic rings. The quantitative estimate of drug-likeness (QED) is 0.596. The van der Waals surface area contributed by atoms with E-state index in [9.17, 15) is 4.79 Å². The lowest BCUT2D eigenvalue weighted by Gasteiger charge is -2.39. The third-order valence-electron chi connectivity index (χ3n) is 3.33. The van der Waals surface area contributed by atoms with Gasteiger partial charge in [-0.05, 0) is 25.1 Å². The molecule has 0 spiro atoms. The van der Waals surface area contributed by atoms with Crippen LogP contribution < -0.4 is 0 Å². The number of hydrogen-bond acceptors (Lipinski definition) is 2. The predicted octanol–water partition coefficient (Wildman–Crippen LogP) is 3.28. The maximum absolute atomic E-state index is 11.0. The molecule has 0 aromatic heterocycles. The van der Waals surface area contributed by atoms with E-state index in [1.54, 1.807) is 6.92 Å². The average Bonchev–Trinajstić information content (AvgIpc) is 2.00. The number of carbonyl (C=O) groups is 1. The summed E-state index contributed by atoms with van der Waals surface area (Å²) >= 11 is 0. The Morgan fingerprint density at radius 2 is 1.88 bits per heavy atom. The van der Waals surface area contributed by atoms with Gasteiger partial charge < -0.3 is 9.53 Å². The number of aliphatic carboxylic acids is 1. The molecule has 0 heterocycles. The molecule has 0 aromatic carbocycles. The van der Waals surface area contributed by atoms with Crippen LogP contribution in [0.15, 0.2) is 12.7 Å². The van der Waals surface area contributed by atoms with Crippen LogP contribution in [0, 0.1) is 5.92 Å². The highest BCUT2D eigenvalue weighted by molar-refractivity contribution is 6.74. The van der Waals surface area contributed by atoms with Gasteiger partial charge in [0.05, 0.1) is 12.0 Å². The molecule has 2 atom stereocenters. The number of rotatable bonds is 5. The minimum absolute atomic E-state index is 0.0888. The fourth-order valence-corrected chi connectivity index (χ4v) is 2.64. The van der Waals surface area contributed by atoms with Gasteiger partial charge in [-0.1, -0.05) is 26.8 Å². The van der Waals surface area contributed by atoms with Crippen LogP contribution in [0.3, 0.4) is 0 Å². The largest absolute Gasteiger partial charge is 0.481 e. The third kappa shape index (κ3) is 3.76. The number of carboxylic acids is 1. The Bertz CT molecular complexity index is 266. The van der Waals surface area contributed by atoms with Crippen LogP contribution in [0.4, 0.5) is 0 Å². The second-order valence-corrected chi connectivity index (χ2v) is 10.4. The van der Waals surface area contributed by atoms with Crippen molar-refractivity contribution in [3.63, 3.8) is 0 Å². The summed E-state index contributed by atoms with van der Waals surface area (Å²) in [5, 5.41) is 9.10. The summed E-state index contributed by atoms with van der Waals surface area (Å²) in [4.78, 5) is 11.0. The summed E-state index contributed by atoms with van der Waals surface area (Å²) in [6.45, 7) is 16.0. The van der Waals surface area contributed by atoms with Crippen LogP contribution in [0.5, 0.6) is 0 Å². The van der Waals surface area contributed by atoms with Crippen molar-refractivity contribution in [1.82, 2.24) is 0 Å². The second-order valence-electron chi connectivity index (χ2n) is 5.68. The van der Waals surface area contributed by atoms with Gasteiger partial charge in [-0.25, -0.2) is 0 Å². The second kappa shape index (κ2) is 5.14. The lowest BCUT2D eigenvalue weighted by Crippen LogP contribution is -2.45. The fraction of sp³-hybridized carbons (Fsp3) is 0.750. The minimum Gasteiger partial charge on any atom is -0.481 e. The number of hydrogen-bond donors (Lipinski definition) is 1. The normalized spacial score (nSPS) is 16.6. The van der Waals surface area contributed by atoms with E-state index in [0.717, 1.165) is 0 Å². The molecule has 0 amide bonds. The molecule has 3 nitrogen and oxygen atoms in total. The van der Waals surface area contributed by atoms with Crippen LogP contribution in [0.1, 0.15) is 27.7 Å². The highest BCUT2D eigenvalue weighted by Gasteiger charge is 2.40. The van der Waals surface area contributed by atoms with Crippen molar-refractivity contribution < 1.29 is 14.3 Å². The van der Waals surface area contributed by atoms with Crippen molar-refractivity contribution in [2.45, 2.75) is 51.9 Å². The zero-order valence-corrected chi connectivity index (χ0v) is 12.2. The predicted molar refractivity (Wildman–Crippen MR) is 69.1 cm³/mol. The van der Waals surface area contributed by atoms with E-state index in [2.05, 4.69) is 40.4 Å². The van der Waals surface area contributed by atoms with E-state index >= 15 is 0 Å². The molecule has 0 radical (unpaired) electrons. The van der Waals surface area contributed by atoms with Gasteiger partial charge >= 0.3 is 5.97 Å². The molecule has 0 rings (SSSR count). The van der Waals surface area contributed by atoms with Gasteiger partial charge in [-0.15, -0.1) is 6.58 Å². The van der Waals surface area contributed by atoms with Gasteiger partial charge in [-0.2, -0.15) is 0 Å². The van der Waals surface area contributed by atoms with Crippen LogP contribution in [0.25, 0.3) is 0 Å². The summed E-state index contributed by atoms with van der Waals surface area (Å²) < 4.78 is 6.00. The molecule has 0 fully saturated rings. The van der Waals surface area contributed by atoms with E-state index in [-0.39, 0.29) is 11.1 Å².